The van der Waals surface area contributed by atoms with E-state index >= 15 is 0 Å². The Morgan fingerprint density at radius 3 is 2.61 bits per heavy atom. The molecule has 0 aliphatic heterocycles. The fraction of sp³-hybridized carbons (Fsp3) is 0.643. The topological polar surface area (TPSA) is 56.6 Å². The molecule has 1 aromatic heterocycles. The lowest BCUT2D eigenvalue weighted by molar-refractivity contribution is 0.106. The van der Waals surface area contributed by atoms with Crippen molar-refractivity contribution in [1.29, 1.82) is 0 Å². The Morgan fingerprint density at radius 2 is 2.06 bits per heavy atom. The molecule has 100 valence electrons. The molecule has 1 fully saturated rings. The van der Waals surface area contributed by atoms with Gasteiger partial charge in [0.15, 0.2) is 0 Å². The summed E-state index contributed by atoms with van der Waals surface area (Å²) in [5, 5.41) is 19.5. The summed E-state index contributed by atoms with van der Waals surface area (Å²) in [6, 6.07) is 3.95. The predicted molar refractivity (Wildman–Crippen MR) is 71.5 cm³/mol. The van der Waals surface area contributed by atoms with Crippen LogP contribution in [0, 0.1) is 0 Å². The monoisotopic (exact) mass is 250 g/mol. The molecular formula is C14H22N2O2. The molecule has 3 atom stereocenters. The molecule has 4 nitrogen and oxygen atoms in total. The average molecular weight is 250 g/mol. The van der Waals surface area contributed by atoms with Crippen LogP contribution in [0.5, 0.6) is 0 Å². The van der Waals surface area contributed by atoms with Crippen LogP contribution in [-0.4, -0.2) is 34.4 Å². The molecule has 1 saturated carbocycles. The average Bonchev–Trinajstić information content (AvgIpc) is 2.38. The lowest BCUT2D eigenvalue weighted by Gasteiger charge is -2.35. The maximum atomic E-state index is 10.0. The van der Waals surface area contributed by atoms with E-state index in [-0.39, 0.29) is 12.1 Å². The molecule has 4 heteroatoms. The van der Waals surface area contributed by atoms with Gasteiger partial charge < -0.3 is 15.1 Å². The van der Waals surface area contributed by atoms with E-state index in [1.165, 1.54) is 0 Å². The molecular weight excluding hydrogens is 228 g/mol. The van der Waals surface area contributed by atoms with Crippen LogP contribution < -0.4 is 4.90 Å². The van der Waals surface area contributed by atoms with E-state index in [1.54, 1.807) is 13.1 Å². The van der Waals surface area contributed by atoms with Gasteiger partial charge in [0.25, 0.3) is 0 Å². The van der Waals surface area contributed by atoms with Crippen molar-refractivity contribution >= 4 is 5.82 Å². The number of hydrogen-bond donors (Lipinski definition) is 2. The van der Waals surface area contributed by atoms with Crippen LogP contribution in [0.15, 0.2) is 18.3 Å². The molecule has 0 radical (unpaired) electrons. The van der Waals surface area contributed by atoms with Gasteiger partial charge in [0, 0.05) is 13.2 Å². The van der Waals surface area contributed by atoms with E-state index in [0.29, 0.717) is 0 Å². The van der Waals surface area contributed by atoms with Crippen molar-refractivity contribution in [3.05, 3.63) is 23.9 Å². The zero-order valence-electron chi connectivity index (χ0n) is 11.1. The van der Waals surface area contributed by atoms with Gasteiger partial charge in [0.1, 0.15) is 5.82 Å². The van der Waals surface area contributed by atoms with E-state index < -0.39 is 6.10 Å². The number of likely N-dealkylation sites (N-methyl/N-ethyl adjacent to an activating group) is 1. The van der Waals surface area contributed by atoms with Crippen molar-refractivity contribution in [3.8, 4) is 0 Å². The second kappa shape index (κ2) is 5.67. The first kappa shape index (κ1) is 13.3. The van der Waals surface area contributed by atoms with Crippen LogP contribution in [0.2, 0.25) is 0 Å². The number of rotatable bonds is 3. The summed E-state index contributed by atoms with van der Waals surface area (Å²) in [4.78, 5) is 6.42. The number of anilines is 1. The van der Waals surface area contributed by atoms with E-state index in [1.807, 2.05) is 19.2 Å². The SMILES string of the molecule is C[C@H](O)c1ccc(N(C)C2CCCCC2O)nc1. The summed E-state index contributed by atoms with van der Waals surface area (Å²) in [7, 11) is 1.98. The van der Waals surface area contributed by atoms with Crippen molar-refractivity contribution in [2.75, 3.05) is 11.9 Å². The zero-order chi connectivity index (χ0) is 13.1. The van der Waals surface area contributed by atoms with Crippen LogP contribution >= 0.6 is 0 Å². The molecule has 0 saturated heterocycles. The highest BCUT2D eigenvalue weighted by Crippen LogP contribution is 2.26. The van der Waals surface area contributed by atoms with E-state index in [2.05, 4.69) is 9.88 Å². The zero-order valence-corrected chi connectivity index (χ0v) is 11.1. The molecule has 2 unspecified atom stereocenters. The minimum atomic E-state index is -0.489. The molecule has 1 aliphatic rings. The van der Waals surface area contributed by atoms with Gasteiger partial charge in [-0.05, 0) is 31.4 Å². The van der Waals surface area contributed by atoms with E-state index in [4.69, 9.17) is 0 Å². The fourth-order valence-corrected chi connectivity index (χ4v) is 2.57. The molecule has 1 aliphatic carbocycles. The quantitative estimate of drug-likeness (QED) is 0.860. The normalized spacial score (nSPS) is 25.8. The molecule has 18 heavy (non-hydrogen) atoms. The third kappa shape index (κ3) is 2.82. The Kier molecular flexibility index (Phi) is 4.19. The predicted octanol–water partition coefficient (Wildman–Crippen LogP) is 1.87. The first-order chi connectivity index (χ1) is 8.59. The maximum Gasteiger partial charge on any atom is 0.128 e. The highest BCUT2D eigenvalue weighted by molar-refractivity contribution is 5.40. The standard InChI is InChI=1S/C14H22N2O2/c1-10(17)11-7-8-14(15-9-11)16(2)12-5-3-4-6-13(12)18/h7-10,12-13,17-18H,3-6H2,1-2H3/t10-,12?,13?/m0/s1. The summed E-state index contributed by atoms with van der Waals surface area (Å²) in [6.07, 6.45) is 5.11. The molecule has 1 aromatic rings. The lowest BCUT2D eigenvalue weighted by Crippen LogP contribution is -2.43. The summed E-state index contributed by atoms with van der Waals surface area (Å²) in [5.41, 5.74) is 0.816. The molecule has 0 aromatic carbocycles. The number of aliphatic hydroxyl groups excluding tert-OH is 2. The van der Waals surface area contributed by atoms with Gasteiger partial charge in [-0.25, -0.2) is 4.98 Å². The Morgan fingerprint density at radius 1 is 1.33 bits per heavy atom. The first-order valence-electron chi connectivity index (χ1n) is 6.64. The largest absolute Gasteiger partial charge is 0.391 e. The molecule has 0 bridgehead atoms. The van der Waals surface area contributed by atoms with Crippen LogP contribution in [0.4, 0.5) is 5.82 Å². The third-order valence-electron chi connectivity index (χ3n) is 3.81. The van der Waals surface area contributed by atoms with Crippen LogP contribution in [0.3, 0.4) is 0 Å². The lowest BCUT2D eigenvalue weighted by atomic mass is 9.91. The summed E-state index contributed by atoms with van der Waals surface area (Å²) in [5.74, 6) is 0.852. The number of pyridine rings is 1. The minimum absolute atomic E-state index is 0.156. The van der Waals surface area contributed by atoms with Crippen LogP contribution in [0.25, 0.3) is 0 Å². The van der Waals surface area contributed by atoms with Gasteiger partial charge in [-0.15, -0.1) is 0 Å². The summed E-state index contributed by atoms with van der Waals surface area (Å²) in [6.45, 7) is 1.73. The minimum Gasteiger partial charge on any atom is -0.391 e. The van der Waals surface area contributed by atoms with Gasteiger partial charge in [-0.3, -0.25) is 0 Å². The maximum absolute atomic E-state index is 10.0. The van der Waals surface area contributed by atoms with Gasteiger partial charge in [-0.2, -0.15) is 0 Å². The van der Waals surface area contributed by atoms with Gasteiger partial charge in [-0.1, -0.05) is 18.9 Å². The Balaban J connectivity index is 2.10. The van der Waals surface area contributed by atoms with Crippen molar-refractivity contribution in [3.63, 3.8) is 0 Å². The van der Waals surface area contributed by atoms with Crippen molar-refractivity contribution in [2.45, 2.75) is 50.9 Å². The smallest absolute Gasteiger partial charge is 0.128 e. The molecule has 1 heterocycles. The van der Waals surface area contributed by atoms with Gasteiger partial charge in [0.2, 0.25) is 0 Å². The van der Waals surface area contributed by atoms with Gasteiger partial charge in [0.05, 0.1) is 18.2 Å². The highest BCUT2D eigenvalue weighted by Gasteiger charge is 2.27. The third-order valence-corrected chi connectivity index (χ3v) is 3.81. The highest BCUT2D eigenvalue weighted by atomic mass is 16.3. The Bertz CT molecular complexity index is 378. The van der Waals surface area contributed by atoms with Crippen molar-refractivity contribution < 1.29 is 10.2 Å². The van der Waals surface area contributed by atoms with Crippen molar-refractivity contribution in [2.24, 2.45) is 0 Å². The van der Waals surface area contributed by atoms with Gasteiger partial charge >= 0.3 is 0 Å². The Hall–Kier alpha value is -1.13. The second-order valence-corrected chi connectivity index (χ2v) is 5.16. The second-order valence-electron chi connectivity index (χ2n) is 5.16. The first-order valence-corrected chi connectivity index (χ1v) is 6.64. The molecule has 0 amide bonds. The van der Waals surface area contributed by atoms with Crippen molar-refractivity contribution in [1.82, 2.24) is 4.98 Å². The van der Waals surface area contributed by atoms with Crippen LogP contribution in [0.1, 0.15) is 44.3 Å². The Labute approximate surface area is 108 Å². The number of nitrogens with zero attached hydrogens (tertiary/aromatic N) is 2. The van der Waals surface area contributed by atoms with E-state index in [9.17, 15) is 10.2 Å². The summed E-state index contributed by atoms with van der Waals surface area (Å²) < 4.78 is 0. The molecule has 2 rings (SSSR count). The molecule has 0 spiro atoms. The number of hydrogen-bond acceptors (Lipinski definition) is 4. The van der Waals surface area contributed by atoms with E-state index in [0.717, 1.165) is 37.1 Å². The number of aliphatic hydroxyl groups is 2. The fourth-order valence-electron chi connectivity index (χ4n) is 2.57. The molecule has 2 N–H and O–H groups in total. The van der Waals surface area contributed by atoms with Crippen LogP contribution in [-0.2, 0) is 0 Å². The number of aromatic nitrogens is 1. The summed E-state index contributed by atoms with van der Waals surface area (Å²) >= 11 is 0.